The summed E-state index contributed by atoms with van der Waals surface area (Å²) in [4.78, 5) is 31.6. The fourth-order valence-electron chi connectivity index (χ4n) is 2.88. The van der Waals surface area contributed by atoms with Crippen molar-refractivity contribution in [2.75, 3.05) is 11.9 Å². The normalized spacial score (nSPS) is 16.7. The number of nitriles is 1. The molecule has 0 spiro atoms. The Balaban J connectivity index is 1.75. The molecule has 2 atom stereocenters. The van der Waals surface area contributed by atoms with E-state index in [2.05, 4.69) is 21.4 Å². The number of hydrogen-bond donors (Lipinski definition) is 3. The van der Waals surface area contributed by atoms with Crippen LogP contribution in [0.2, 0.25) is 0 Å². The Morgan fingerprint density at radius 3 is 2.60 bits per heavy atom. The van der Waals surface area contributed by atoms with Gasteiger partial charge in [-0.2, -0.15) is 5.26 Å². The summed E-state index contributed by atoms with van der Waals surface area (Å²) in [7, 11) is 0. The molecule has 1 aromatic carbocycles. The highest BCUT2D eigenvalue weighted by molar-refractivity contribution is 5.92. The molecule has 0 aliphatic carbocycles. The van der Waals surface area contributed by atoms with Gasteiger partial charge in [-0.3, -0.25) is 9.59 Å². The van der Waals surface area contributed by atoms with Gasteiger partial charge in [-0.15, -0.1) is 0 Å². The largest absolute Gasteiger partial charge is 0.490 e. The molecule has 3 rings (SSSR count). The van der Waals surface area contributed by atoms with E-state index < -0.39 is 17.9 Å². The number of aromatic nitrogens is 2. The van der Waals surface area contributed by atoms with Gasteiger partial charge in [0.05, 0.1) is 18.2 Å². The lowest BCUT2D eigenvalue weighted by Gasteiger charge is -2.21. The number of nitrogens with zero attached hydrogens (tertiary/aromatic N) is 4. The van der Waals surface area contributed by atoms with Gasteiger partial charge in [0.2, 0.25) is 17.4 Å². The Morgan fingerprint density at radius 1 is 1.30 bits per heavy atom. The van der Waals surface area contributed by atoms with Crippen LogP contribution in [0.1, 0.15) is 35.8 Å². The standard InChI is InChI=1S/C20H21N7O3/c1-12(18(22)28)24-17-10-16(19(23)29)25-20(26-17)27-8-6-15(7-9-27)30-14-4-2-13(11-21)3-5-14/h2-5,8,10,12,15H,6-7,9H2,1H3,(H4-,22,23,24,25,26,28,29)/p+1/t12-,15?/m0/s1. The molecule has 0 saturated carbocycles. The molecule has 1 aliphatic heterocycles. The average molecular weight is 408 g/mol. The van der Waals surface area contributed by atoms with Crippen LogP contribution in [-0.4, -0.2) is 51.3 Å². The van der Waals surface area contributed by atoms with Gasteiger partial charge in [-0.1, -0.05) is 9.97 Å². The highest BCUT2D eigenvalue weighted by Crippen LogP contribution is 2.20. The highest BCUT2D eigenvalue weighted by atomic mass is 16.5. The molecule has 1 aromatic heterocycles. The quantitative estimate of drug-likeness (QED) is 0.568. The fourth-order valence-corrected chi connectivity index (χ4v) is 2.88. The number of primary amides is 2. The summed E-state index contributed by atoms with van der Waals surface area (Å²) in [6.07, 6.45) is 3.14. The summed E-state index contributed by atoms with van der Waals surface area (Å²) >= 11 is 0. The van der Waals surface area contributed by atoms with Crippen LogP contribution in [0.5, 0.6) is 5.75 Å². The van der Waals surface area contributed by atoms with Crippen molar-refractivity contribution in [2.24, 2.45) is 11.5 Å². The van der Waals surface area contributed by atoms with Crippen molar-refractivity contribution in [1.82, 2.24) is 9.97 Å². The van der Waals surface area contributed by atoms with Gasteiger partial charge in [0, 0.05) is 25.1 Å². The van der Waals surface area contributed by atoms with Crippen molar-refractivity contribution >= 4 is 29.8 Å². The molecule has 10 heteroatoms. The SMILES string of the molecule is C[C@H](Nc1cc(C(N)=O)nc([N+]2=CCC(Oc3ccc(C#N)cc3)CC2)n1)C(N)=O. The number of amides is 2. The van der Waals surface area contributed by atoms with Gasteiger partial charge >= 0.3 is 5.95 Å². The molecular formula is C20H22N7O3+. The first kappa shape index (κ1) is 20.7. The van der Waals surface area contributed by atoms with Gasteiger partial charge in [-0.25, -0.2) is 4.58 Å². The zero-order valence-electron chi connectivity index (χ0n) is 16.4. The number of carbonyl (C=O) groups excluding carboxylic acids is 2. The van der Waals surface area contributed by atoms with E-state index in [-0.39, 0.29) is 17.6 Å². The molecule has 2 aromatic rings. The Hall–Kier alpha value is -4.00. The van der Waals surface area contributed by atoms with Gasteiger partial charge in [-0.05, 0) is 31.2 Å². The lowest BCUT2D eigenvalue weighted by Crippen LogP contribution is -2.33. The maximum Gasteiger partial charge on any atom is 0.435 e. The van der Waals surface area contributed by atoms with Crippen LogP contribution in [0.4, 0.5) is 11.8 Å². The van der Waals surface area contributed by atoms with Crippen LogP contribution < -0.4 is 21.5 Å². The summed E-state index contributed by atoms with van der Waals surface area (Å²) < 4.78 is 7.77. The summed E-state index contributed by atoms with van der Waals surface area (Å²) in [6.45, 7) is 2.15. The molecule has 0 bridgehead atoms. The number of nitrogens with one attached hydrogen (secondary N) is 1. The minimum Gasteiger partial charge on any atom is -0.490 e. The van der Waals surface area contributed by atoms with Crippen LogP contribution in [-0.2, 0) is 4.79 Å². The van der Waals surface area contributed by atoms with Gasteiger partial charge in [0.15, 0.2) is 0 Å². The monoisotopic (exact) mass is 408 g/mol. The van der Waals surface area contributed by atoms with Crippen molar-refractivity contribution in [3.05, 3.63) is 41.6 Å². The average Bonchev–Trinajstić information content (AvgIpc) is 2.74. The number of rotatable bonds is 7. The molecule has 0 radical (unpaired) electrons. The third-order valence-electron chi connectivity index (χ3n) is 4.58. The fraction of sp³-hybridized carbons (Fsp3) is 0.300. The third kappa shape index (κ3) is 5.08. The second kappa shape index (κ2) is 9.00. The van der Waals surface area contributed by atoms with E-state index in [1.807, 2.05) is 10.8 Å². The summed E-state index contributed by atoms with van der Waals surface area (Å²) in [5.74, 6) is 0.0158. The van der Waals surface area contributed by atoms with Crippen molar-refractivity contribution in [2.45, 2.75) is 31.9 Å². The molecular weight excluding hydrogens is 386 g/mol. The zero-order valence-corrected chi connectivity index (χ0v) is 16.4. The van der Waals surface area contributed by atoms with E-state index in [4.69, 9.17) is 21.5 Å². The Kier molecular flexibility index (Phi) is 6.22. The van der Waals surface area contributed by atoms with Gasteiger partial charge < -0.3 is 21.5 Å². The van der Waals surface area contributed by atoms with Crippen molar-refractivity contribution in [1.29, 1.82) is 5.26 Å². The summed E-state index contributed by atoms with van der Waals surface area (Å²) in [5.41, 5.74) is 11.3. The predicted molar refractivity (Wildman–Crippen MR) is 108 cm³/mol. The second-order valence-corrected chi connectivity index (χ2v) is 6.85. The Labute approximate surface area is 173 Å². The first-order valence-corrected chi connectivity index (χ1v) is 9.37. The van der Waals surface area contributed by atoms with Crippen LogP contribution in [0, 0.1) is 11.3 Å². The molecule has 0 fully saturated rings. The minimum atomic E-state index is -0.701. The van der Waals surface area contributed by atoms with Crippen LogP contribution >= 0.6 is 0 Å². The molecule has 5 N–H and O–H groups in total. The van der Waals surface area contributed by atoms with E-state index in [9.17, 15) is 9.59 Å². The van der Waals surface area contributed by atoms with Gasteiger partial charge in [0.25, 0.3) is 5.91 Å². The lowest BCUT2D eigenvalue weighted by molar-refractivity contribution is -0.452. The number of carbonyl (C=O) groups is 2. The third-order valence-corrected chi connectivity index (χ3v) is 4.58. The number of hydrogen-bond acceptors (Lipinski definition) is 7. The van der Waals surface area contributed by atoms with E-state index in [1.165, 1.54) is 6.07 Å². The molecule has 1 aliphatic rings. The summed E-state index contributed by atoms with van der Waals surface area (Å²) in [5, 5.41) is 11.7. The highest BCUT2D eigenvalue weighted by Gasteiger charge is 2.25. The second-order valence-electron chi connectivity index (χ2n) is 6.85. The van der Waals surface area contributed by atoms with Crippen molar-refractivity contribution in [3.63, 3.8) is 0 Å². The van der Waals surface area contributed by atoms with Crippen LogP contribution in [0.25, 0.3) is 0 Å². The van der Waals surface area contributed by atoms with E-state index in [0.717, 1.165) is 0 Å². The maximum absolute atomic E-state index is 11.7. The Bertz CT molecular complexity index is 1030. The first-order chi connectivity index (χ1) is 14.4. The van der Waals surface area contributed by atoms with Crippen LogP contribution in [0.3, 0.4) is 0 Å². The Morgan fingerprint density at radius 2 is 2.03 bits per heavy atom. The minimum absolute atomic E-state index is 0.0310. The number of benzene rings is 1. The number of ether oxygens (including phenoxy) is 1. The van der Waals surface area contributed by atoms with Crippen molar-refractivity contribution < 1.29 is 18.9 Å². The van der Waals surface area contributed by atoms with Crippen molar-refractivity contribution in [3.8, 4) is 11.8 Å². The smallest absolute Gasteiger partial charge is 0.435 e. The topological polar surface area (TPSA) is 160 Å². The lowest BCUT2D eigenvalue weighted by atomic mass is 10.1. The molecule has 2 amide bonds. The summed E-state index contributed by atoms with van der Waals surface area (Å²) in [6, 6.07) is 9.72. The molecule has 30 heavy (non-hydrogen) atoms. The number of nitrogens with two attached hydrogens (primary N) is 2. The van der Waals surface area contributed by atoms with Crippen LogP contribution in [0.15, 0.2) is 30.3 Å². The van der Waals surface area contributed by atoms with E-state index in [0.29, 0.717) is 36.6 Å². The van der Waals surface area contributed by atoms with Gasteiger partial charge in [0.1, 0.15) is 17.9 Å². The molecule has 1 unspecified atom stereocenters. The van der Waals surface area contributed by atoms with E-state index >= 15 is 0 Å². The number of anilines is 1. The maximum atomic E-state index is 11.7. The molecule has 2 heterocycles. The van der Waals surface area contributed by atoms with E-state index in [1.54, 1.807) is 31.2 Å². The predicted octanol–water partition coefficient (Wildman–Crippen LogP) is 0.689. The molecule has 10 nitrogen and oxygen atoms in total. The first-order valence-electron chi connectivity index (χ1n) is 9.37. The molecule has 154 valence electrons. The molecule has 0 saturated heterocycles. The zero-order chi connectivity index (χ0) is 21.7.